The van der Waals surface area contributed by atoms with Crippen LogP contribution in [0.3, 0.4) is 0 Å². The first-order chi connectivity index (χ1) is 9.29. The molecule has 1 atom stereocenters. The zero-order chi connectivity index (χ0) is 15.3. The van der Waals surface area contributed by atoms with Crippen molar-refractivity contribution in [2.45, 2.75) is 38.6 Å². The molecular weight excluding hydrogens is 276 g/mol. The van der Waals surface area contributed by atoms with Gasteiger partial charge in [-0.15, -0.1) is 0 Å². The van der Waals surface area contributed by atoms with Crippen LogP contribution in [-0.2, 0) is 14.8 Å². The van der Waals surface area contributed by atoms with E-state index in [2.05, 4.69) is 4.72 Å². The molecule has 0 fully saturated rings. The third-order valence-electron chi connectivity index (χ3n) is 3.12. The quantitative estimate of drug-likeness (QED) is 0.754. The summed E-state index contributed by atoms with van der Waals surface area (Å²) in [6.07, 6.45) is 0. The van der Waals surface area contributed by atoms with Gasteiger partial charge in [0.2, 0.25) is 10.0 Å². The number of sulfonamides is 1. The molecule has 0 heterocycles. The SMILES string of the molecule is CCOCC(NS(=O)(=O)c1c(C)cccc1N)C(C)C. The minimum atomic E-state index is -3.65. The van der Waals surface area contributed by atoms with Gasteiger partial charge in [0.15, 0.2) is 0 Å². The highest BCUT2D eigenvalue weighted by Gasteiger charge is 2.25. The Morgan fingerprint density at radius 2 is 2.00 bits per heavy atom. The number of rotatable bonds is 7. The van der Waals surface area contributed by atoms with Crippen LogP contribution in [0.5, 0.6) is 0 Å². The summed E-state index contributed by atoms with van der Waals surface area (Å²) in [7, 11) is -3.65. The lowest BCUT2D eigenvalue weighted by atomic mass is 10.1. The Labute approximate surface area is 121 Å². The van der Waals surface area contributed by atoms with Crippen LogP contribution in [0.1, 0.15) is 26.3 Å². The number of nitrogens with one attached hydrogen (secondary N) is 1. The van der Waals surface area contributed by atoms with Gasteiger partial charge in [-0.1, -0.05) is 26.0 Å². The second kappa shape index (κ2) is 7.06. The molecule has 0 aromatic heterocycles. The maximum atomic E-state index is 12.5. The number of anilines is 1. The molecule has 0 bridgehead atoms. The number of nitrogen functional groups attached to an aromatic ring is 1. The Bertz CT molecular complexity index is 521. The van der Waals surface area contributed by atoms with Crippen molar-refractivity contribution >= 4 is 15.7 Å². The van der Waals surface area contributed by atoms with Crippen LogP contribution in [0.25, 0.3) is 0 Å². The first-order valence-corrected chi connectivity index (χ1v) is 8.23. The van der Waals surface area contributed by atoms with Crippen molar-refractivity contribution in [1.82, 2.24) is 4.72 Å². The van der Waals surface area contributed by atoms with E-state index < -0.39 is 10.0 Å². The molecule has 0 saturated carbocycles. The van der Waals surface area contributed by atoms with Crippen molar-refractivity contribution in [3.8, 4) is 0 Å². The molecule has 1 aromatic carbocycles. The lowest BCUT2D eigenvalue weighted by molar-refractivity contribution is 0.116. The molecule has 0 saturated heterocycles. The summed E-state index contributed by atoms with van der Waals surface area (Å²) < 4.78 is 33.0. The highest BCUT2D eigenvalue weighted by molar-refractivity contribution is 7.89. The molecule has 1 rings (SSSR count). The predicted molar refractivity (Wildman–Crippen MR) is 81.0 cm³/mol. The van der Waals surface area contributed by atoms with Crippen LogP contribution in [0.4, 0.5) is 5.69 Å². The number of hydrogen-bond donors (Lipinski definition) is 2. The molecule has 6 heteroatoms. The molecule has 1 unspecified atom stereocenters. The van der Waals surface area contributed by atoms with Crippen LogP contribution in [0.15, 0.2) is 23.1 Å². The molecule has 0 aliphatic rings. The summed E-state index contributed by atoms with van der Waals surface area (Å²) in [5.74, 6) is 0.126. The molecule has 0 spiro atoms. The first kappa shape index (κ1) is 16.9. The summed E-state index contributed by atoms with van der Waals surface area (Å²) in [4.78, 5) is 0.155. The number of hydrogen-bond acceptors (Lipinski definition) is 4. The van der Waals surface area contributed by atoms with Gasteiger partial charge in [0.05, 0.1) is 12.3 Å². The van der Waals surface area contributed by atoms with Gasteiger partial charge in [0.1, 0.15) is 4.90 Å². The van der Waals surface area contributed by atoms with E-state index in [1.807, 2.05) is 20.8 Å². The Morgan fingerprint density at radius 3 is 2.50 bits per heavy atom. The lowest BCUT2D eigenvalue weighted by Gasteiger charge is -2.23. The van der Waals surface area contributed by atoms with Gasteiger partial charge in [0.25, 0.3) is 0 Å². The van der Waals surface area contributed by atoms with E-state index in [-0.39, 0.29) is 22.5 Å². The number of nitrogens with two attached hydrogens (primary N) is 1. The maximum absolute atomic E-state index is 12.5. The summed E-state index contributed by atoms with van der Waals surface area (Å²) in [5.41, 5.74) is 6.71. The van der Waals surface area contributed by atoms with Gasteiger partial charge in [0, 0.05) is 12.6 Å². The normalized spacial score (nSPS) is 13.7. The van der Waals surface area contributed by atoms with Gasteiger partial charge in [-0.3, -0.25) is 0 Å². The molecule has 20 heavy (non-hydrogen) atoms. The smallest absolute Gasteiger partial charge is 0.243 e. The molecule has 0 aliphatic carbocycles. The number of aryl methyl sites for hydroxylation is 1. The van der Waals surface area contributed by atoms with Crippen molar-refractivity contribution in [3.05, 3.63) is 23.8 Å². The van der Waals surface area contributed by atoms with Gasteiger partial charge in [-0.2, -0.15) is 0 Å². The Morgan fingerprint density at radius 1 is 1.35 bits per heavy atom. The highest BCUT2D eigenvalue weighted by atomic mass is 32.2. The fraction of sp³-hybridized carbons (Fsp3) is 0.571. The van der Waals surface area contributed by atoms with Crippen LogP contribution < -0.4 is 10.5 Å². The van der Waals surface area contributed by atoms with E-state index in [0.29, 0.717) is 18.8 Å². The summed E-state index contributed by atoms with van der Waals surface area (Å²) in [5, 5.41) is 0. The standard InChI is InChI=1S/C14H24N2O3S/c1-5-19-9-13(10(2)3)16-20(17,18)14-11(4)7-6-8-12(14)15/h6-8,10,13,16H,5,9,15H2,1-4H3. The van der Waals surface area contributed by atoms with Gasteiger partial charge in [-0.25, -0.2) is 13.1 Å². The third-order valence-corrected chi connectivity index (χ3v) is 4.83. The minimum absolute atomic E-state index is 0.126. The average molecular weight is 300 g/mol. The Hall–Kier alpha value is -1.11. The van der Waals surface area contributed by atoms with E-state index in [1.165, 1.54) is 0 Å². The molecule has 5 nitrogen and oxygen atoms in total. The van der Waals surface area contributed by atoms with Crippen molar-refractivity contribution in [2.24, 2.45) is 5.92 Å². The van der Waals surface area contributed by atoms with E-state index in [0.717, 1.165) is 0 Å². The molecule has 1 aromatic rings. The monoisotopic (exact) mass is 300 g/mol. The van der Waals surface area contributed by atoms with Crippen LogP contribution in [-0.4, -0.2) is 27.7 Å². The first-order valence-electron chi connectivity index (χ1n) is 6.74. The average Bonchev–Trinajstić information content (AvgIpc) is 2.33. The molecule has 114 valence electrons. The van der Waals surface area contributed by atoms with Crippen LogP contribution in [0, 0.1) is 12.8 Å². The Kier molecular flexibility index (Phi) is 5.98. The zero-order valence-corrected chi connectivity index (χ0v) is 13.3. The number of benzene rings is 1. The van der Waals surface area contributed by atoms with Gasteiger partial charge >= 0.3 is 0 Å². The number of ether oxygens (including phenoxy) is 1. The van der Waals surface area contributed by atoms with Gasteiger partial charge < -0.3 is 10.5 Å². The fourth-order valence-electron chi connectivity index (χ4n) is 1.91. The van der Waals surface area contributed by atoms with Crippen molar-refractivity contribution in [2.75, 3.05) is 18.9 Å². The van der Waals surface area contributed by atoms with E-state index in [1.54, 1.807) is 25.1 Å². The second-order valence-electron chi connectivity index (χ2n) is 5.12. The predicted octanol–water partition coefficient (Wildman–Crippen LogP) is 1.92. The third kappa shape index (κ3) is 4.19. The van der Waals surface area contributed by atoms with Gasteiger partial charge in [-0.05, 0) is 31.4 Å². The van der Waals surface area contributed by atoms with Crippen molar-refractivity contribution in [3.63, 3.8) is 0 Å². The second-order valence-corrected chi connectivity index (χ2v) is 6.78. The Balaban J connectivity index is 3.04. The van der Waals surface area contributed by atoms with Crippen LogP contribution in [0.2, 0.25) is 0 Å². The van der Waals surface area contributed by atoms with E-state index >= 15 is 0 Å². The molecule has 0 radical (unpaired) electrons. The molecular formula is C14H24N2O3S. The molecule has 3 N–H and O–H groups in total. The summed E-state index contributed by atoms with van der Waals surface area (Å²) in [6, 6.07) is 4.79. The fourth-order valence-corrected chi connectivity index (χ4v) is 3.63. The zero-order valence-electron chi connectivity index (χ0n) is 12.5. The lowest BCUT2D eigenvalue weighted by Crippen LogP contribution is -2.42. The largest absolute Gasteiger partial charge is 0.398 e. The van der Waals surface area contributed by atoms with E-state index in [9.17, 15) is 8.42 Å². The highest BCUT2D eigenvalue weighted by Crippen LogP contribution is 2.23. The minimum Gasteiger partial charge on any atom is -0.398 e. The van der Waals surface area contributed by atoms with Crippen molar-refractivity contribution in [1.29, 1.82) is 0 Å². The maximum Gasteiger partial charge on any atom is 0.243 e. The molecule has 0 amide bonds. The van der Waals surface area contributed by atoms with Crippen molar-refractivity contribution < 1.29 is 13.2 Å². The molecule has 0 aliphatic heterocycles. The summed E-state index contributed by atoms with van der Waals surface area (Å²) in [6.45, 7) is 8.42. The summed E-state index contributed by atoms with van der Waals surface area (Å²) >= 11 is 0. The van der Waals surface area contributed by atoms with E-state index in [4.69, 9.17) is 10.5 Å². The van der Waals surface area contributed by atoms with Crippen LogP contribution >= 0.6 is 0 Å². The topological polar surface area (TPSA) is 81.4 Å².